The van der Waals surface area contributed by atoms with Crippen LogP contribution < -0.4 is 5.32 Å². The van der Waals surface area contributed by atoms with E-state index >= 15 is 0 Å². The first-order valence-corrected chi connectivity index (χ1v) is 7.94. The molecule has 1 heterocycles. The molecular weight excluding hydrogens is 310 g/mol. The molecule has 1 amide bonds. The summed E-state index contributed by atoms with van der Waals surface area (Å²) in [6.45, 7) is 3.13. The molecular formula is C18H18ClN3O. The highest BCUT2D eigenvalue weighted by Gasteiger charge is 2.08. The predicted molar refractivity (Wildman–Crippen MR) is 92.4 cm³/mol. The second-order valence-electron chi connectivity index (χ2n) is 5.49. The Kier molecular flexibility index (Phi) is 4.63. The van der Waals surface area contributed by atoms with Gasteiger partial charge in [-0.25, -0.2) is 0 Å². The Balaban J connectivity index is 1.58. The zero-order valence-corrected chi connectivity index (χ0v) is 13.7. The summed E-state index contributed by atoms with van der Waals surface area (Å²) >= 11 is 6.13. The number of halogens is 1. The van der Waals surface area contributed by atoms with Crippen LogP contribution >= 0.6 is 11.6 Å². The van der Waals surface area contributed by atoms with Gasteiger partial charge in [-0.1, -0.05) is 41.9 Å². The van der Waals surface area contributed by atoms with Gasteiger partial charge in [-0.2, -0.15) is 5.10 Å². The van der Waals surface area contributed by atoms with Gasteiger partial charge in [-0.3, -0.25) is 9.48 Å². The van der Waals surface area contributed by atoms with Crippen LogP contribution in [0.2, 0.25) is 5.02 Å². The second kappa shape index (κ2) is 6.84. The van der Waals surface area contributed by atoms with Crippen molar-refractivity contribution in [3.63, 3.8) is 0 Å². The molecule has 0 aliphatic heterocycles. The van der Waals surface area contributed by atoms with E-state index in [4.69, 9.17) is 11.6 Å². The Morgan fingerprint density at radius 2 is 2.04 bits per heavy atom. The fourth-order valence-corrected chi connectivity index (χ4v) is 2.76. The van der Waals surface area contributed by atoms with Crippen molar-refractivity contribution in [3.8, 4) is 0 Å². The summed E-state index contributed by atoms with van der Waals surface area (Å²) in [5.41, 5.74) is 3.27. The molecule has 0 unspecified atom stereocenters. The first-order valence-electron chi connectivity index (χ1n) is 7.56. The summed E-state index contributed by atoms with van der Waals surface area (Å²) in [5, 5.41) is 8.86. The number of nitrogens with zero attached hydrogens (tertiary/aromatic N) is 2. The maximum atomic E-state index is 12.0. The molecule has 3 aromatic rings. The number of amides is 1. The van der Waals surface area contributed by atoms with E-state index in [0.29, 0.717) is 24.5 Å². The van der Waals surface area contributed by atoms with Gasteiger partial charge in [-0.15, -0.1) is 0 Å². The zero-order chi connectivity index (χ0) is 16.2. The van der Waals surface area contributed by atoms with Crippen LogP contribution in [0.3, 0.4) is 0 Å². The highest BCUT2D eigenvalue weighted by atomic mass is 35.5. The summed E-state index contributed by atoms with van der Waals surface area (Å²) < 4.78 is 1.81. The lowest BCUT2D eigenvalue weighted by atomic mass is 10.1. The number of fused-ring (bicyclic) bond motifs is 1. The van der Waals surface area contributed by atoms with Crippen LogP contribution in [-0.2, 0) is 17.9 Å². The Morgan fingerprint density at radius 1 is 1.22 bits per heavy atom. The zero-order valence-electron chi connectivity index (χ0n) is 12.9. The number of rotatable bonds is 5. The fourth-order valence-electron chi connectivity index (χ4n) is 2.54. The third kappa shape index (κ3) is 3.54. The first kappa shape index (κ1) is 15.6. The molecule has 0 bridgehead atoms. The molecule has 0 fully saturated rings. The van der Waals surface area contributed by atoms with E-state index in [1.807, 2.05) is 54.1 Å². The van der Waals surface area contributed by atoms with Gasteiger partial charge in [0.2, 0.25) is 5.91 Å². The van der Waals surface area contributed by atoms with Gasteiger partial charge in [0.05, 0.1) is 23.3 Å². The SMILES string of the molecule is Cc1ccccc1CNC(=O)CCn1ncc2c(Cl)cccc21. The molecule has 4 nitrogen and oxygen atoms in total. The molecule has 0 atom stereocenters. The minimum Gasteiger partial charge on any atom is -0.352 e. The van der Waals surface area contributed by atoms with Crippen molar-refractivity contribution >= 4 is 28.4 Å². The lowest BCUT2D eigenvalue weighted by Gasteiger charge is -2.08. The summed E-state index contributed by atoms with van der Waals surface area (Å²) in [4.78, 5) is 12.0. The molecule has 1 N–H and O–H groups in total. The summed E-state index contributed by atoms with van der Waals surface area (Å²) in [6.07, 6.45) is 2.12. The van der Waals surface area contributed by atoms with E-state index in [0.717, 1.165) is 16.5 Å². The van der Waals surface area contributed by atoms with Crippen LogP contribution in [0.25, 0.3) is 10.9 Å². The fraction of sp³-hybridized carbons (Fsp3) is 0.222. The van der Waals surface area contributed by atoms with Gasteiger partial charge < -0.3 is 5.32 Å². The molecule has 5 heteroatoms. The summed E-state index contributed by atoms with van der Waals surface area (Å²) in [6, 6.07) is 13.7. The number of carbonyl (C=O) groups excluding carboxylic acids is 1. The lowest BCUT2D eigenvalue weighted by molar-refractivity contribution is -0.121. The third-order valence-electron chi connectivity index (χ3n) is 3.92. The monoisotopic (exact) mass is 327 g/mol. The van der Waals surface area contributed by atoms with Crippen molar-refractivity contribution in [1.82, 2.24) is 15.1 Å². The Labute approximate surface area is 140 Å². The average Bonchev–Trinajstić information content (AvgIpc) is 2.97. The van der Waals surface area contributed by atoms with E-state index in [2.05, 4.69) is 10.4 Å². The van der Waals surface area contributed by atoms with Crippen LogP contribution in [0.15, 0.2) is 48.7 Å². The Hall–Kier alpha value is -2.33. The van der Waals surface area contributed by atoms with E-state index < -0.39 is 0 Å². The minimum atomic E-state index is 0.0129. The van der Waals surface area contributed by atoms with Gasteiger partial charge in [0.25, 0.3) is 0 Å². The number of aryl methyl sites for hydroxylation is 2. The number of nitrogens with one attached hydrogen (secondary N) is 1. The van der Waals surface area contributed by atoms with E-state index in [9.17, 15) is 4.79 Å². The van der Waals surface area contributed by atoms with Crippen LogP contribution in [0.4, 0.5) is 0 Å². The van der Waals surface area contributed by atoms with Crippen LogP contribution in [-0.4, -0.2) is 15.7 Å². The maximum absolute atomic E-state index is 12.0. The minimum absolute atomic E-state index is 0.0129. The smallest absolute Gasteiger partial charge is 0.222 e. The molecule has 0 saturated heterocycles. The number of carbonyl (C=O) groups is 1. The quantitative estimate of drug-likeness (QED) is 0.776. The molecule has 0 aliphatic rings. The average molecular weight is 328 g/mol. The highest BCUT2D eigenvalue weighted by molar-refractivity contribution is 6.35. The van der Waals surface area contributed by atoms with Crippen molar-refractivity contribution in [1.29, 1.82) is 0 Å². The van der Waals surface area contributed by atoms with Gasteiger partial charge in [-0.05, 0) is 30.2 Å². The van der Waals surface area contributed by atoms with E-state index in [-0.39, 0.29) is 5.91 Å². The molecule has 118 valence electrons. The number of aromatic nitrogens is 2. The second-order valence-corrected chi connectivity index (χ2v) is 5.90. The molecule has 0 saturated carbocycles. The normalized spacial score (nSPS) is 10.9. The molecule has 3 rings (SSSR count). The standard InChI is InChI=1S/C18H18ClN3O/c1-13-5-2-3-6-14(13)11-20-18(23)9-10-22-17-8-4-7-16(19)15(17)12-21-22/h2-8,12H,9-11H2,1H3,(H,20,23). The Bertz CT molecular complexity index is 841. The lowest BCUT2D eigenvalue weighted by Crippen LogP contribution is -2.24. The molecule has 0 radical (unpaired) electrons. The number of benzene rings is 2. The van der Waals surface area contributed by atoms with Crippen LogP contribution in [0, 0.1) is 6.92 Å². The molecule has 1 aromatic heterocycles. The molecule has 0 aliphatic carbocycles. The molecule has 0 spiro atoms. The van der Waals surface area contributed by atoms with E-state index in [1.165, 1.54) is 5.56 Å². The van der Waals surface area contributed by atoms with Gasteiger partial charge in [0.15, 0.2) is 0 Å². The van der Waals surface area contributed by atoms with Crippen LogP contribution in [0.5, 0.6) is 0 Å². The van der Waals surface area contributed by atoms with Crippen molar-refractivity contribution in [2.75, 3.05) is 0 Å². The first-order chi connectivity index (χ1) is 11.1. The maximum Gasteiger partial charge on any atom is 0.222 e. The molecule has 23 heavy (non-hydrogen) atoms. The molecule has 2 aromatic carbocycles. The van der Waals surface area contributed by atoms with E-state index in [1.54, 1.807) is 6.20 Å². The summed E-state index contributed by atoms with van der Waals surface area (Å²) in [7, 11) is 0. The van der Waals surface area contributed by atoms with Gasteiger partial charge in [0.1, 0.15) is 0 Å². The number of hydrogen-bond donors (Lipinski definition) is 1. The topological polar surface area (TPSA) is 46.9 Å². The highest BCUT2D eigenvalue weighted by Crippen LogP contribution is 2.22. The van der Waals surface area contributed by atoms with Crippen molar-refractivity contribution in [2.45, 2.75) is 26.4 Å². The van der Waals surface area contributed by atoms with Gasteiger partial charge >= 0.3 is 0 Å². The van der Waals surface area contributed by atoms with Crippen molar-refractivity contribution in [3.05, 3.63) is 64.8 Å². The largest absolute Gasteiger partial charge is 0.352 e. The van der Waals surface area contributed by atoms with Crippen LogP contribution in [0.1, 0.15) is 17.5 Å². The van der Waals surface area contributed by atoms with Crippen molar-refractivity contribution < 1.29 is 4.79 Å². The van der Waals surface area contributed by atoms with Crippen molar-refractivity contribution in [2.24, 2.45) is 0 Å². The van der Waals surface area contributed by atoms with Gasteiger partial charge in [0, 0.05) is 18.4 Å². The Morgan fingerprint density at radius 3 is 2.87 bits per heavy atom. The predicted octanol–water partition coefficient (Wildman–Crippen LogP) is 3.70. The number of hydrogen-bond acceptors (Lipinski definition) is 2. The third-order valence-corrected chi connectivity index (χ3v) is 4.25. The summed E-state index contributed by atoms with van der Waals surface area (Å²) in [5.74, 6) is 0.0129.